The topological polar surface area (TPSA) is 75.7 Å². The molecule has 3 rings (SSSR count). The zero-order chi connectivity index (χ0) is 19.3. The second kappa shape index (κ2) is 8.43. The lowest BCUT2D eigenvalue weighted by molar-refractivity contribution is 0.0950. The molecule has 0 spiro atoms. The van der Waals surface area contributed by atoms with Gasteiger partial charge in [0.05, 0.1) is 18.0 Å². The predicted molar refractivity (Wildman–Crippen MR) is 106 cm³/mol. The molecule has 0 saturated carbocycles. The molecule has 1 aliphatic rings. The van der Waals surface area contributed by atoms with Crippen LogP contribution in [0.1, 0.15) is 35.7 Å². The first-order chi connectivity index (χ1) is 13.0. The number of amides is 1. The van der Waals surface area contributed by atoms with Crippen LogP contribution in [-0.4, -0.2) is 33.2 Å². The quantitative estimate of drug-likeness (QED) is 0.826. The molecule has 2 aromatic rings. The first-order valence-corrected chi connectivity index (χ1v) is 10.7. The Kier molecular flexibility index (Phi) is 6.01. The zero-order valence-corrected chi connectivity index (χ0v) is 16.2. The van der Waals surface area contributed by atoms with Crippen LogP contribution in [0.4, 0.5) is 5.69 Å². The summed E-state index contributed by atoms with van der Waals surface area (Å²) in [7, 11) is -3.25. The van der Waals surface area contributed by atoms with Gasteiger partial charge in [-0.3, -0.25) is 9.10 Å². The summed E-state index contributed by atoms with van der Waals surface area (Å²) in [6.07, 6.45) is 1.54. The molecule has 7 heteroatoms. The average molecular weight is 388 g/mol. The van der Waals surface area contributed by atoms with Crippen molar-refractivity contribution in [3.8, 4) is 5.75 Å². The molecule has 0 bridgehead atoms. The highest BCUT2D eigenvalue weighted by Gasteiger charge is 2.25. The largest absolute Gasteiger partial charge is 0.494 e. The Labute approximate surface area is 160 Å². The van der Waals surface area contributed by atoms with Crippen molar-refractivity contribution < 1.29 is 17.9 Å². The van der Waals surface area contributed by atoms with Gasteiger partial charge in [-0.25, -0.2) is 8.42 Å². The Morgan fingerprint density at radius 1 is 1.11 bits per heavy atom. The second-order valence-corrected chi connectivity index (χ2v) is 8.38. The SMILES string of the molecule is CCOc1ccccc1CNC(=O)c1ccc(N2CCCCS2(=O)=O)cc1. The van der Waals surface area contributed by atoms with E-state index in [2.05, 4.69) is 5.32 Å². The van der Waals surface area contributed by atoms with Gasteiger partial charge in [0.2, 0.25) is 10.0 Å². The number of sulfonamides is 1. The van der Waals surface area contributed by atoms with Crippen molar-refractivity contribution in [3.63, 3.8) is 0 Å². The molecule has 6 nitrogen and oxygen atoms in total. The number of hydrogen-bond acceptors (Lipinski definition) is 4. The van der Waals surface area contributed by atoms with Crippen LogP contribution in [0.3, 0.4) is 0 Å². The minimum atomic E-state index is -3.25. The fraction of sp³-hybridized carbons (Fsp3) is 0.350. The first kappa shape index (κ1) is 19.2. The highest BCUT2D eigenvalue weighted by molar-refractivity contribution is 7.92. The van der Waals surface area contributed by atoms with Gasteiger partial charge in [-0.1, -0.05) is 18.2 Å². The van der Waals surface area contributed by atoms with Crippen molar-refractivity contribution in [2.24, 2.45) is 0 Å². The summed E-state index contributed by atoms with van der Waals surface area (Å²) in [5.41, 5.74) is 2.00. The van der Waals surface area contributed by atoms with E-state index in [1.54, 1.807) is 24.3 Å². The summed E-state index contributed by atoms with van der Waals surface area (Å²) < 4.78 is 31.4. The Balaban J connectivity index is 1.66. The molecule has 144 valence electrons. The van der Waals surface area contributed by atoms with Crippen LogP contribution in [0.25, 0.3) is 0 Å². The van der Waals surface area contributed by atoms with E-state index in [-0.39, 0.29) is 11.7 Å². The van der Waals surface area contributed by atoms with E-state index >= 15 is 0 Å². The van der Waals surface area contributed by atoms with Crippen LogP contribution in [0.15, 0.2) is 48.5 Å². The molecule has 1 N–H and O–H groups in total. The van der Waals surface area contributed by atoms with Crippen LogP contribution in [0.5, 0.6) is 5.75 Å². The molecule has 0 unspecified atom stereocenters. The third-order valence-corrected chi connectivity index (χ3v) is 6.35. The van der Waals surface area contributed by atoms with Crippen LogP contribution in [0, 0.1) is 0 Å². The molecule has 0 aliphatic carbocycles. The number of ether oxygens (including phenoxy) is 1. The van der Waals surface area contributed by atoms with E-state index < -0.39 is 10.0 Å². The van der Waals surface area contributed by atoms with Gasteiger partial charge in [0.15, 0.2) is 0 Å². The number of benzene rings is 2. The maximum absolute atomic E-state index is 12.4. The number of anilines is 1. The van der Waals surface area contributed by atoms with E-state index in [0.717, 1.165) is 17.7 Å². The monoisotopic (exact) mass is 388 g/mol. The number of carbonyl (C=O) groups is 1. The molecular formula is C20H24N2O4S. The molecule has 2 aromatic carbocycles. The fourth-order valence-electron chi connectivity index (χ4n) is 3.08. The highest BCUT2D eigenvalue weighted by Crippen LogP contribution is 2.24. The minimum absolute atomic E-state index is 0.175. The van der Waals surface area contributed by atoms with Crippen molar-refractivity contribution in [1.82, 2.24) is 5.32 Å². The molecule has 0 atom stereocenters. The van der Waals surface area contributed by atoms with Gasteiger partial charge in [0.25, 0.3) is 5.91 Å². The maximum Gasteiger partial charge on any atom is 0.251 e. The normalized spacial score (nSPS) is 16.0. The van der Waals surface area contributed by atoms with Crippen molar-refractivity contribution in [2.75, 3.05) is 23.2 Å². The lowest BCUT2D eigenvalue weighted by Gasteiger charge is -2.28. The Bertz CT molecular complexity index is 894. The molecule has 0 aromatic heterocycles. The van der Waals surface area contributed by atoms with E-state index in [9.17, 15) is 13.2 Å². The Morgan fingerprint density at radius 3 is 2.56 bits per heavy atom. The second-order valence-electron chi connectivity index (χ2n) is 6.37. The standard InChI is InChI=1S/C20H24N2O4S/c1-2-26-19-8-4-3-7-17(19)15-21-20(23)16-9-11-18(12-10-16)22-13-5-6-14-27(22,24)25/h3-4,7-12H,2,5-6,13-15H2,1H3,(H,21,23). The van der Waals surface area contributed by atoms with E-state index in [1.807, 2.05) is 31.2 Å². The summed E-state index contributed by atoms with van der Waals surface area (Å²) >= 11 is 0. The minimum Gasteiger partial charge on any atom is -0.494 e. The van der Waals surface area contributed by atoms with Crippen LogP contribution in [-0.2, 0) is 16.6 Å². The van der Waals surface area contributed by atoms with Gasteiger partial charge in [0.1, 0.15) is 5.75 Å². The van der Waals surface area contributed by atoms with Crippen molar-refractivity contribution in [1.29, 1.82) is 0 Å². The van der Waals surface area contributed by atoms with Crippen molar-refractivity contribution >= 4 is 21.6 Å². The van der Waals surface area contributed by atoms with Gasteiger partial charge in [-0.2, -0.15) is 0 Å². The maximum atomic E-state index is 12.4. The lowest BCUT2D eigenvalue weighted by atomic mass is 10.1. The molecule has 1 amide bonds. The van der Waals surface area contributed by atoms with Gasteiger partial charge < -0.3 is 10.1 Å². The average Bonchev–Trinajstić information content (AvgIpc) is 2.67. The van der Waals surface area contributed by atoms with E-state index in [0.29, 0.717) is 37.4 Å². The summed E-state index contributed by atoms with van der Waals surface area (Å²) in [6.45, 7) is 3.32. The summed E-state index contributed by atoms with van der Waals surface area (Å²) in [6, 6.07) is 14.3. The molecular weight excluding hydrogens is 364 g/mol. The molecule has 1 saturated heterocycles. The Hall–Kier alpha value is -2.54. The van der Waals surface area contributed by atoms with Gasteiger partial charge in [-0.05, 0) is 50.1 Å². The Morgan fingerprint density at radius 2 is 1.85 bits per heavy atom. The number of nitrogens with zero attached hydrogens (tertiary/aromatic N) is 1. The number of nitrogens with one attached hydrogen (secondary N) is 1. The van der Waals surface area contributed by atoms with Crippen LogP contribution >= 0.6 is 0 Å². The third kappa shape index (κ3) is 4.60. The number of rotatable bonds is 6. The predicted octanol–water partition coefficient (Wildman–Crippen LogP) is 2.95. The summed E-state index contributed by atoms with van der Waals surface area (Å²) in [5.74, 6) is 0.717. The van der Waals surface area contributed by atoms with E-state index in [1.165, 1.54) is 4.31 Å². The summed E-state index contributed by atoms with van der Waals surface area (Å²) in [4.78, 5) is 12.4. The number of hydrogen-bond donors (Lipinski definition) is 1. The molecule has 27 heavy (non-hydrogen) atoms. The van der Waals surface area contributed by atoms with E-state index in [4.69, 9.17) is 4.74 Å². The lowest BCUT2D eigenvalue weighted by Crippen LogP contribution is -2.37. The molecule has 1 heterocycles. The molecule has 1 fully saturated rings. The zero-order valence-electron chi connectivity index (χ0n) is 15.3. The van der Waals surface area contributed by atoms with Gasteiger partial charge in [0, 0.05) is 24.2 Å². The van der Waals surface area contributed by atoms with Crippen LogP contribution < -0.4 is 14.4 Å². The number of carbonyl (C=O) groups excluding carboxylic acids is 1. The van der Waals surface area contributed by atoms with Crippen molar-refractivity contribution in [2.45, 2.75) is 26.3 Å². The van der Waals surface area contributed by atoms with Gasteiger partial charge >= 0.3 is 0 Å². The smallest absolute Gasteiger partial charge is 0.251 e. The first-order valence-electron chi connectivity index (χ1n) is 9.10. The molecule has 1 aliphatic heterocycles. The fourth-order valence-corrected chi connectivity index (χ4v) is 4.72. The van der Waals surface area contributed by atoms with Crippen LogP contribution in [0.2, 0.25) is 0 Å². The van der Waals surface area contributed by atoms with Crippen molar-refractivity contribution in [3.05, 3.63) is 59.7 Å². The highest BCUT2D eigenvalue weighted by atomic mass is 32.2. The molecule has 0 radical (unpaired) electrons. The third-order valence-electron chi connectivity index (χ3n) is 4.48. The summed E-state index contributed by atoms with van der Waals surface area (Å²) in [5, 5.41) is 2.88. The number of para-hydroxylation sites is 1. The van der Waals surface area contributed by atoms with Gasteiger partial charge in [-0.15, -0.1) is 0 Å².